The van der Waals surface area contributed by atoms with Gasteiger partial charge in [0.2, 0.25) is 0 Å². The molecular formula is C18H23ClN3+. The van der Waals surface area contributed by atoms with Gasteiger partial charge in [0.05, 0.1) is 26.2 Å². The summed E-state index contributed by atoms with van der Waals surface area (Å²) in [6.07, 6.45) is 1.90. The van der Waals surface area contributed by atoms with Crippen LogP contribution in [0.15, 0.2) is 36.5 Å². The van der Waals surface area contributed by atoms with E-state index >= 15 is 0 Å². The molecule has 3 rings (SSSR count). The van der Waals surface area contributed by atoms with Gasteiger partial charge in [0.25, 0.3) is 0 Å². The number of anilines is 1. The van der Waals surface area contributed by atoms with Gasteiger partial charge in [-0.2, -0.15) is 0 Å². The molecule has 0 radical (unpaired) electrons. The Morgan fingerprint density at radius 2 is 1.77 bits per heavy atom. The lowest BCUT2D eigenvalue weighted by Gasteiger charge is -2.35. The Balaban J connectivity index is 1.62. The molecule has 1 aliphatic heterocycles. The molecule has 116 valence electrons. The second kappa shape index (κ2) is 6.67. The lowest BCUT2D eigenvalue weighted by molar-refractivity contribution is -0.914. The number of benzene rings is 1. The van der Waals surface area contributed by atoms with E-state index < -0.39 is 0 Å². The third-order valence-corrected chi connectivity index (χ3v) is 4.69. The van der Waals surface area contributed by atoms with Gasteiger partial charge < -0.3 is 9.80 Å². The first-order chi connectivity index (χ1) is 10.6. The molecule has 0 atom stereocenters. The highest BCUT2D eigenvalue weighted by molar-refractivity contribution is 6.29. The van der Waals surface area contributed by atoms with Crippen molar-refractivity contribution in [3.63, 3.8) is 0 Å². The van der Waals surface area contributed by atoms with Crippen LogP contribution < -0.4 is 9.80 Å². The van der Waals surface area contributed by atoms with Crippen molar-refractivity contribution in [3.8, 4) is 0 Å². The number of nitrogens with zero attached hydrogens (tertiary/aromatic N) is 2. The molecule has 1 aromatic heterocycles. The molecule has 0 bridgehead atoms. The molecule has 1 N–H and O–H groups in total. The van der Waals surface area contributed by atoms with Crippen LogP contribution in [0.25, 0.3) is 0 Å². The average Bonchev–Trinajstić information content (AvgIpc) is 2.51. The van der Waals surface area contributed by atoms with Gasteiger partial charge >= 0.3 is 0 Å². The first-order valence-corrected chi connectivity index (χ1v) is 8.26. The predicted molar refractivity (Wildman–Crippen MR) is 91.8 cm³/mol. The van der Waals surface area contributed by atoms with Gasteiger partial charge in [-0.05, 0) is 37.1 Å². The van der Waals surface area contributed by atoms with Crippen molar-refractivity contribution < 1.29 is 4.90 Å². The van der Waals surface area contributed by atoms with Crippen molar-refractivity contribution in [3.05, 3.63) is 58.4 Å². The number of piperazine rings is 1. The number of aryl methyl sites for hydroxylation is 2. The standard InChI is InChI=1S/C18H22ClN3/c1-14-4-3-5-15(2)18(14)22-10-8-21(9-11-22)13-16-6-7-17(19)20-12-16/h3-7,12H,8-11,13H2,1-2H3/p+1. The first-order valence-electron chi connectivity index (χ1n) is 7.88. The molecule has 0 amide bonds. The van der Waals surface area contributed by atoms with E-state index in [-0.39, 0.29) is 0 Å². The molecule has 0 unspecified atom stereocenters. The van der Waals surface area contributed by atoms with E-state index in [9.17, 15) is 0 Å². The molecule has 0 spiro atoms. The summed E-state index contributed by atoms with van der Waals surface area (Å²) in [5.41, 5.74) is 5.45. The van der Waals surface area contributed by atoms with Crippen LogP contribution in [0.1, 0.15) is 16.7 Å². The minimum absolute atomic E-state index is 0.568. The number of para-hydroxylation sites is 1. The molecule has 22 heavy (non-hydrogen) atoms. The number of hydrogen-bond donors (Lipinski definition) is 1. The van der Waals surface area contributed by atoms with Crippen LogP contribution in [0.2, 0.25) is 5.15 Å². The molecule has 1 aliphatic rings. The molecule has 3 nitrogen and oxygen atoms in total. The SMILES string of the molecule is Cc1cccc(C)c1N1CC[NH+](Cc2ccc(Cl)nc2)CC1. The van der Waals surface area contributed by atoms with Gasteiger partial charge in [0.15, 0.2) is 0 Å². The third kappa shape index (κ3) is 3.42. The molecule has 1 aromatic carbocycles. The Hall–Kier alpha value is -1.58. The highest BCUT2D eigenvalue weighted by Gasteiger charge is 2.22. The highest BCUT2D eigenvalue weighted by atomic mass is 35.5. The fraction of sp³-hybridized carbons (Fsp3) is 0.389. The van der Waals surface area contributed by atoms with Crippen molar-refractivity contribution in [1.29, 1.82) is 0 Å². The van der Waals surface area contributed by atoms with Gasteiger partial charge in [0, 0.05) is 17.4 Å². The maximum Gasteiger partial charge on any atom is 0.129 e. The minimum atomic E-state index is 0.568. The summed E-state index contributed by atoms with van der Waals surface area (Å²) in [5.74, 6) is 0. The van der Waals surface area contributed by atoms with E-state index in [0.29, 0.717) is 5.15 Å². The average molecular weight is 317 g/mol. The van der Waals surface area contributed by atoms with Gasteiger partial charge in [-0.15, -0.1) is 0 Å². The van der Waals surface area contributed by atoms with Gasteiger partial charge in [-0.25, -0.2) is 4.98 Å². The number of rotatable bonds is 3. The minimum Gasteiger partial charge on any atom is -0.360 e. The zero-order valence-electron chi connectivity index (χ0n) is 13.3. The first kappa shape index (κ1) is 15.3. The summed E-state index contributed by atoms with van der Waals surface area (Å²) in [5, 5.41) is 0.568. The Labute approximate surface area is 137 Å². The van der Waals surface area contributed by atoms with Gasteiger partial charge in [-0.3, -0.25) is 0 Å². The number of quaternary nitrogens is 1. The Morgan fingerprint density at radius 3 is 2.36 bits per heavy atom. The number of pyridine rings is 1. The Kier molecular flexibility index (Phi) is 4.65. The molecule has 2 aromatic rings. The van der Waals surface area contributed by atoms with Crippen LogP contribution in [-0.2, 0) is 6.54 Å². The van der Waals surface area contributed by atoms with Crippen molar-refractivity contribution >= 4 is 17.3 Å². The van der Waals surface area contributed by atoms with E-state index in [0.717, 1.165) is 32.7 Å². The number of nitrogens with one attached hydrogen (secondary N) is 1. The van der Waals surface area contributed by atoms with Crippen LogP contribution in [0.5, 0.6) is 0 Å². The maximum absolute atomic E-state index is 5.85. The second-order valence-corrected chi connectivity index (χ2v) is 6.53. The molecule has 2 heterocycles. The molecule has 0 saturated carbocycles. The molecule has 0 aliphatic carbocycles. The lowest BCUT2D eigenvalue weighted by Crippen LogP contribution is -3.13. The van der Waals surface area contributed by atoms with Crippen LogP contribution in [0.4, 0.5) is 5.69 Å². The monoisotopic (exact) mass is 316 g/mol. The largest absolute Gasteiger partial charge is 0.360 e. The molecular weight excluding hydrogens is 294 g/mol. The van der Waals surface area contributed by atoms with Crippen LogP contribution in [0.3, 0.4) is 0 Å². The summed E-state index contributed by atoms with van der Waals surface area (Å²) < 4.78 is 0. The number of aromatic nitrogens is 1. The van der Waals surface area contributed by atoms with Gasteiger partial charge in [0.1, 0.15) is 11.7 Å². The maximum atomic E-state index is 5.85. The summed E-state index contributed by atoms with van der Waals surface area (Å²) >= 11 is 5.85. The van der Waals surface area contributed by atoms with E-state index in [1.165, 1.54) is 22.4 Å². The summed E-state index contributed by atoms with van der Waals surface area (Å²) in [7, 11) is 0. The zero-order chi connectivity index (χ0) is 15.5. The smallest absolute Gasteiger partial charge is 0.129 e. The summed E-state index contributed by atoms with van der Waals surface area (Å²) in [6.45, 7) is 10.0. The Morgan fingerprint density at radius 1 is 1.09 bits per heavy atom. The number of hydrogen-bond acceptors (Lipinski definition) is 2. The highest BCUT2D eigenvalue weighted by Crippen LogP contribution is 2.24. The zero-order valence-corrected chi connectivity index (χ0v) is 14.0. The second-order valence-electron chi connectivity index (χ2n) is 6.14. The van der Waals surface area contributed by atoms with E-state index in [2.05, 4.69) is 48.0 Å². The van der Waals surface area contributed by atoms with Crippen molar-refractivity contribution in [2.24, 2.45) is 0 Å². The van der Waals surface area contributed by atoms with E-state index in [4.69, 9.17) is 11.6 Å². The van der Waals surface area contributed by atoms with E-state index in [1.54, 1.807) is 4.90 Å². The van der Waals surface area contributed by atoms with Crippen LogP contribution in [-0.4, -0.2) is 31.2 Å². The fourth-order valence-electron chi connectivity index (χ4n) is 3.33. The van der Waals surface area contributed by atoms with E-state index in [1.807, 2.05) is 12.3 Å². The van der Waals surface area contributed by atoms with Crippen LogP contribution >= 0.6 is 11.6 Å². The lowest BCUT2D eigenvalue weighted by atomic mass is 10.1. The topological polar surface area (TPSA) is 20.6 Å². The normalized spacial score (nSPS) is 16.0. The predicted octanol–water partition coefficient (Wildman–Crippen LogP) is 2.26. The summed E-state index contributed by atoms with van der Waals surface area (Å²) in [4.78, 5) is 8.33. The quantitative estimate of drug-likeness (QED) is 0.877. The van der Waals surface area contributed by atoms with Crippen LogP contribution in [0, 0.1) is 13.8 Å². The third-order valence-electron chi connectivity index (χ3n) is 4.47. The molecule has 1 saturated heterocycles. The molecule has 1 fully saturated rings. The van der Waals surface area contributed by atoms with Crippen molar-refractivity contribution in [2.75, 3.05) is 31.1 Å². The Bertz CT molecular complexity index is 611. The fourth-order valence-corrected chi connectivity index (χ4v) is 3.44. The van der Waals surface area contributed by atoms with Crippen molar-refractivity contribution in [2.45, 2.75) is 20.4 Å². The van der Waals surface area contributed by atoms with Crippen molar-refractivity contribution in [1.82, 2.24) is 4.98 Å². The number of halogens is 1. The molecule has 4 heteroatoms. The summed E-state index contributed by atoms with van der Waals surface area (Å²) in [6, 6.07) is 10.5. The van der Waals surface area contributed by atoms with Gasteiger partial charge in [-0.1, -0.05) is 29.8 Å².